The van der Waals surface area contributed by atoms with E-state index in [4.69, 9.17) is 18.3 Å². The van der Waals surface area contributed by atoms with Crippen molar-refractivity contribution in [2.75, 3.05) is 13.7 Å². The summed E-state index contributed by atoms with van der Waals surface area (Å²) in [5.74, 6) is 2.61. The zero-order valence-electron chi connectivity index (χ0n) is 17.4. The number of rotatable bonds is 11. The van der Waals surface area contributed by atoms with Gasteiger partial charge in [-0.3, -0.25) is 4.79 Å². The van der Waals surface area contributed by atoms with E-state index in [0.717, 1.165) is 18.4 Å². The van der Waals surface area contributed by atoms with Gasteiger partial charge in [0.05, 0.1) is 39.3 Å². The fraction of sp³-hybridized carbons (Fsp3) is 0.292. The van der Waals surface area contributed by atoms with Crippen LogP contribution >= 0.6 is 0 Å². The number of unbranched alkanes of at least 4 members (excludes halogenated alkanes) is 1. The molecule has 0 fully saturated rings. The first-order valence-corrected chi connectivity index (χ1v) is 10.0. The van der Waals surface area contributed by atoms with Crippen molar-refractivity contribution in [3.8, 4) is 11.5 Å². The first-order chi connectivity index (χ1) is 14.7. The number of hydrogen-bond donors (Lipinski definition) is 0. The lowest BCUT2D eigenvalue weighted by Gasteiger charge is -2.18. The molecule has 0 atom stereocenters. The molecular weight excluding hydrogens is 382 g/mol. The van der Waals surface area contributed by atoms with Gasteiger partial charge in [-0.05, 0) is 54.5 Å². The molecule has 0 bridgehead atoms. The number of hydrogen-bond acceptors (Lipinski definition) is 5. The summed E-state index contributed by atoms with van der Waals surface area (Å²) >= 11 is 0. The average Bonchev–Trinajstić information content (AvgIpc) is 3.46. The summed E-state index contributed by atoms with van der Waals surface area (Å²) in [6.45, 7) is 3.47. The van der Waals surface area contributed by atoms with Gasteiger partial charge in [0.15, 0.2) is 11.5 Å². The van der Waals surface area contributed by atoms with Crippen LogP contribution in [0.1, 0.15) is 36.8 Å². The van der Waals surface area contributed by atoms with Crippen LogP contribution in [0.2, 0.25) is 0 Å². The molecule has 2 aromatic heterocycles. The van der Waals surface area contributed by atoms with E-state index >= 15 is 0 Å². The van der Waals surface area contributed by atoms with E-state index in [1.807, 2.05) is 30.3 Å². The molecule has 30 heavy (non-hydrogen) atoms. The van der Waals surface area contributed by atoms with Crippen LogP contribution in [0.5, 0.6) is 11.5 Å². The van der Waals surface area contributed by atoms with Gasteiger partial charge < -0.3 is 23.2 Å². The number of benzene rings is 1. The Hall–Kier alpha value is -3.41. The molecule has 0 aliphatic carbocycles. The standard InChI is InChI=1S/C24H27NO5/c1-3-4-13-30-22-11-9-19(16-23(22)27-2)10-12-24(26)25(17-20-7-5-14-28-20)18-21-8-6-15-29-21/h5-12,14-16H,3-4,13,17-18H2,1-2H3/b12-10+. The monoisotopic (exact) mass is 409 g/mol. The Morgan fingerprint density at radius 1 is 1.03 bits per heavy atom. The van der Waals surface area contributed by atoms with Gasteiger partial charge in [-0.2, -0.15) is 0 Å². The SMILES string of the molecule is CCCCOc1ccc(/C=C/C(=O)N(Cc2ccco2)Cc2ccco2)cc1OC. The van der Waals surface area contributed by atoms with Crippen LogP contribution in [-0.2, 0) is 17.9 Å². The molecule has 6 nitrogen and oxygen atoms in total. The Kier molecular flexibility index (Phi) is 7.78. The smallest absolute Gasteiger partial charge is 0.247 e. The number of amides is 1. The minimum atomic E-state index is -0.148. The van der Waals surface area contributed by atoms with Crippen LogP contribution in [-0.4, -0.2) is 24.5 Å². The van der Waals surface area contributed by atoms with E-state index in [9.17, 15) is 4.79 Å². The molecule has 1 aromatic carbocycles. The third-order valence-electron chi connectivity index (χ3n) is 4.53. The third kappa shape index (κ3) is 6.04. The zero-order valence-corrected chi connectivity index (χ0v) is 17.4. The third-order valence-corrected chi connectivity index (χ3v) is 4.53. The minimum absolute atomic E-state index is 0.148. The number of nitrogens with zero attached hydrogens (tertiary/aromatic N) is 1. The highest BCUT2D eigenvalue weighted by molar-refractivity contribution is 5.91. The predicted octanol–water partition coefficient (Wildman–Crippen LogP) is 5.30. The summed E-state index contributed by atoms with van der Waals surface area (Å²) in [6.07, 6.45) is 8.54. The van der Waals surface area contributed by atoms with Gasteiger partial charge in [-0.1, -0.05) is 19.4 Å². The lowest BCUT2D eigenvalue weighted by Crippen LogP contribution is -2.28. The highest BCUT2D eigenvalue weighted by atomic mass is 16.5. The van der Waals surface area contributed by atoms with Gasteiger partial charge in [0.2, 0.25) is 5.91 Å². The maximum atomic E-state index is 12.9. The molecule has 0 saturated carbocycles. The molecule has 0 saturated heterocycles. The number of furan rings is 2. The number of methoxy groups -OCH3 is 1. The van der Waals surface area contributed by atoms with E-state index in [-0.39, 0.29) is 5.91 Å². The fourth-order valence-corrected chi connectivity index (χ4v) is 2.90. The van der Waals surface area contributed by atoms with Gasteiger partial charge >= 0.3 is 0 Å². The Bertz CT molecular complexity index is 892. The first kappa shape index (κ1) is 21.3. The molecule has 1 amide bonds. The predicted molar refractivity (Wildman–Crippen MR) is 114 cm³/mol. The van der Waals surface area contributed by atoms with E-state index in [0.29, 0.717) is 42.7 Å². The molecule has 158 valence electrons. The summed E-state index contributed by atoms with van der Waals surface area (Å²) in [4.78, 5) is 14.5. The van der Waals surface area contributed by atoms with Crippen molar-refractivity contribution in [2.45, 2.75) is 32.9 Å². The van der Waals surface area contributed by atoms with Gasteiger partial charge in [-0.15, -0.1) is 0 Å². The molecule has 0 unspecified atom stereocenters. The second kappa shape index (κ2) is 11.0. The van der Waals surface area contributed by atoms with Crippen molar-refractivity contribution < 1.29 is 23.1 Å². The molecule has 0 aliphatic rings. The number of carbonyl (C=O) groups excluding carboxylic acids is 1. The molecule has 0 aliphatic heterocycles. The Labute approximate surface area is 176 Å². The largest absolute Gasteiger partial charge is 0.493 e. The summed E-state index contributed by atoms with van der Waals surface area (Å²) in [5.41, 5.74) is 0.846. The van der Waals surface area contributed by atoms with E-state index < -0.39 is 0 Å². The maximum Gasteiger partial charge on any atom is 0.247 e. The summed E-state index contributed by atoms with van der Waals surface area (Å²) < 4.78 is 22.0. The Morgan fingerprint density at radius 2 is 1.73 bits per heavy atom. The van der Waals surface area contributed by atoms with Crippen molar-refractivity contribution in [3.63, 3.8) is 0 Å². The van der Waals surface area contributed by atoms with Crippen LogP contribution in [0.4, 0.5) is 0 Å². The lowest BCUT2D eigenvalue weighted by molar-refractivity contribution is -0.127. The highest BCUT2D eigenvalue weighted by Crippen LogP contribution is 2.28. The Morgan fingerprint density at radius 3 is 2.30 bits per heavy atom. The van der Waals surface area contributed by atoms with Crippen LogP contribution in [0, 0.1) is 0 Å². The molecule has 0 radical (unpaired) electrons. The average molecular weight is 409 g/mol. The van der Waals surface area contributed by atoms with Crippen LogP contribution in [0.3, 0.4) is 0 Å². The van der Waals surface area contributed by atoms with E-state index in [1.54, 1.807) is 42.7 Å². The van der Waals surface area contributed by atoms with Crippen molar-refractivity contribution in [1.29, 1.82) is 0 Å². The zero-order chi connectivity index (χ0) is 21.2. The molecular formula is C24H27NO5. The summed E-state index contributed by atoms with van der Waals surface area (Å²) in [7, 11) is 1.61. The van der Waals surface area contributed by atoms with Crippen molar-refractivity contribution in [3.05, 3.63) is 78.2 Å². The molecule has 0 spiro atoms. The molecule has 6 heteroatoms. The van der Waals surface area contributed by atoms with Gasteiger partial charge in [-0.25, -0.2) is 0 Å². The van der Waals surface area contributed by atoms with E-state index in [1.165, 1.54) is 6.08 Å². The fourth-order valence-electron chi connectivity index (χ4n) is 2.90. The summed E-state index contributed by atoms with van der Waals surface area (Å²) in [6, 6.07) is 12.9. The molecule has 2 heterocycles. The van der Waals surface area contributed by atoms with Crippen LogP contribution < -0.4 is 9.47 Å². The molecule has 3 aromatic rings. The molecule has 3 rings (SSSR count). The second-order valence-electron chi connectivity index (χ2n) is 6.80. The van der Waals surface area contributed by atoms with Crippen molar-refractivity contribution >= 4 is 12.0 Å². The first-order valence-electron chi connectivity index (χ1n) is 10.0. The van der Waals surface area contributed by atoms with Gasteiger partial charge in [0.25, 0.3) is 0 Å². The van der Waals surface area contributed by atoms with Crippen molar-refractivity contribution in [2.24, 2.45) is 0 Å². The number of ether oxygens (including phenoxy) is 2. The number of carbonyl (C=O) groups is 1. The maximum absolute atomic E-state index is 12.9. The second-order valence-corrected chi connectivity index (χ2v) is 6.80. The van der Waals surface area contributed by atoms with Crippen LogP contribution in [0.25, 0.3) is 6.08 Å². The normalized spacial score (nSPS) is 11.0. The van der Waals surface area contributed by atoms with Gasteiger partial charge in [0, 0.05) is 6.08 Å². The van der Waals surface area contributed by atoms with Gasteiger partial charge in [0.1, 0.15) is 11.5 Å². The topological polar surface area (TPSA) is 65.0 Å². The molecule has 0 N–H and O–H groups in total. The lowest BCUT2D eigenvalue weighted by atomic mass is 10.2. The highest BCUT2D eigenvalue weighted by Gasteiger charge is 2.15. The quantitative estimate of drug-likeness (QED) is 0.317. The minimum Gasteiger partial charge on any atom is -0.493 e. The van der Waals surface area contributed by atoms with Crippen LogP contribution in [0.15, 0.2) is 69.9 Å². The Balaban J connectivity index is 1.70. The summed E-state index contributed by atoms with van der Waals surface area (Å²) in [5, 5.41) is 0. The van der Waals surface area contributed by atoms with Crippen molar-refractivity contribution in [1.82, 2.24) is 4.90 Å². The van der Waals surface area contributed by atoms with E-state index in [2.05, 4.69) is 6.92 Å².